The summed E-state index contributed by atoms with van der Waals surface area (Å²) >= 11 is 0. The third kappa shape index (κ3) is 2.44. The van der Waals surface area contributed by atoms with Gasteiger partial charge in [-0.3, -0.25) is 4.98 Å². The van der Waals surface area contributed by atoms with Gasteiger partial charge in [0.1, 0.15) is 11.1 Å². The van der Waals surface area contributed by atoms with Crippen molar-refractivity contribution in [1.29, 1.82) is 0 Å². The second-order valence-corrected chi connectivity index (χ2v) is 4.85. The van der Waals surface area contributed by atoms with E-state index in [0.717, 1.165) is 11.5 Å². The van der Waals surface area contributed by atoms with Crippen LogP contribution < -0.4 is 16.2 Å². The summed E-state index contributed by atoms with van der Waals surface area (Å²) in [6.07, 6.45) is 1.56. The van der Waals surface area contributed by atoms with Crippen LogP contribution in [0.1, 0.15) is 10.4 Å². The van der Waals surface area contributed by atoms with E-state index in [2.05, 4.69) is 4.98 Å². The third-order valence-corrected chi connectivity index (χ3v) is 3.33. The number of phenolic OH excluding ortho intramolecular Hbond substituents is 2. The number of hydrogen-bond acceptors (Lipinski definition) is 7. The minimum Gasteiger partial charge on any atom is -0.505 e. The van der Waals surface area contributed by atoms with E-state index in [0.29, 0.717) is 5.52 Å². The average Bonchev–Trinajstić information content (AvgIpc) is 2.54. The molecule has 0 unspecified atom stereocenters. The molecule has 0 saturated heterocycles. The van der Waals surface area contributed by atoms with Gasteiger partial charge >= 0.3 is 5.97 Å². The van der Waals surface area contributed by atoms with Gasteiger partial charge in [-0.15, -0.1) is 0 Å². The molecular formula is C16H13N3O4. The molecule has 0 fully saturated rings. The fourth-order valence-electron chi connectivity index (χ4n) is 2.21. The summed E-state index contributed by atoms with van der Waals surface area (Å²) in [4.78, 5) is 16.5. The zero-order chi connectivity index (χ0) is 16.6. The van der Waals surface area contributed by atoms with Crippen molar-refractivity contribution in [3.05, 3.63) is 48.2 Å². The maximum atomic E-state index is 12.3. The highest BCUT2D eigenvalue weighted by Crippen LogP contribution is 2.38. The Kier molecular flexibility index (Phi) is 3.38. The van der Waals surface area contributed by atoms with Crippen molar-refractivity contribution < 1.29 is 19.7 Å². The van der Waals surface area contributed by atoms with Crippen LogP contribution in [0.4, 0.5) is 11.4 Å². The topological polar surface area (TPSA) is 132 Å². The Balaban J connectivity index is 2.06. The molecule has 0 bridgehead atoms. The Bertz CT molecular complexity index is 893. The molecule has 2 aromatic carbocycles. The lowest BCUT2D eigenvalue weighted by atomic mass is 10.1. The number of phenols is 2. The zero-order valence-corrected chi connectivity index (χ0v) is 11.9. The molecule has 0 aliphatic heterocycles. The van der Waals surface area contributed by atoms with Crippen LogP contribution in [0.3, 0.4) is 0 Å². The second-order valence-electron chi connectivity index (χ2n) is 4.85. The van der Waals surface area contributed by atoms with E-state index in [4.69, 9.17) is 16.2 Å². The summed E-state index contributed by atoms with van der Waals surface area (Å²) in [7, 11) is 0. The van der Waals surface area contributed by atoms with Crippen molar-refractivity contribution in [1.82, 2.24) is 4.98 Å². The average molecular weight is 311 g/mol. The molecule has 0 spiro atoms. The smallest absolute Gasteiger partial charge is 0.351 e. The molecule has 0 atom stereocenters. The SMILES string of the molecule is Nc1cc(N)c(O)c(C(=O)Oc2cccc3cccnc23)c1O. The van der Waals surface area contributed by atoms with Crippen molar-refractivity contribution >= 4 is 28.2 Å². The molecule has 0 saturated carbocycles. The first-order valence-corrected chi connectivity index (χ1v) is 6.65. The Morgan fingerprint density at radius 2 is 1.70 bits per heavy atom. The van der Waals surface area contributed by atoms with Gasteiger partial charge in [0.05, 0.1) is 11.4 Å². The molecule has 7 heteroatoms. The number of nitrogens with zero attached hydrogens (tertiary/aromatic N) is 1. The summed E-state index contributed by atoms with van der Waals surface area (Å²) in [6, 6.07) is 9.78. The molecule has 116 valence electrons. The number of aromatic hydroxyl groups is 2. The van der Waals surface area contributed by atoms with Crippen LogP contribution in [0.25, 0.3) is 10.9 Å². The summed E-state index contributed by atoms with van der Waals surface area (Å²) in [5, 5.41) is 20.6. The van der Waals surface area contributed by atoms with Crippen molar-refractivity contribution in [2.45, 2.75) is 0 Å². The lowest BCUT2D eigenvalue weighted by Gasteiger charge is -2.12. The number of carbonyl (C=O) groups excluding carboxylic acids is 1. The van der Waals surface area contributed by atoms with E-state index in [-0.39, 0.29) is 17.1 Å². The van der Waals surface area contributed by atoms with Crippen LogP contribution >= 0.6 is 0 Å². The molecule has 3 rings (SSSR count). The minimum absolute atomic E-state index is 0.136. The number of fused-ring (bicyclic) bond motifs is 1. The van der Waals surface area contributed by atoms with E-state index in [1.807, 2.05) is 12.1 Å². The largest absolute Gasteiger partial charge is 0.505 e. The maximum Gasteiger partial charge on any atom is 0.351 e. The molecular weight excluding hydrogens is 298 g/mol. The predicted molar refractivity (Wildman–Crippen MR) is 85.3 cm³/mol. The number of hydrogen-bond donors (Lipinski definition) is 4. The number of para-hydroxylation sites is 1. The number of aromatic nitrogens is 1. The fraction of sp³-hybridized carbons (Fsp3) is 0. The number of rotatable bonds is 2. The number of carbonyl (C=O) groups is 1. The van der Waals surface area contributed by atoms with Crippen molar-refractivity contribution in [3.63, 3.8) is 0 Å². The van der Waals surface area contributed by atoms with Crippen LogP contribution in [-0.2, 0) is 0 Å². The standard InChI is InChI=1S/C16H13N3O4/c17-9-7-10(18)15(21)12(14(9)20)16(22)23-11-5-1-3-8-4-2-6-19-13(8)11/h1-7,20-21H,17-18H2. The highest BCUT2D eigenvalue weighted by molar-refractivity contribution is 6.02. The van der Waals surface area contributed by atoms with Gasteiger partial charge in [-0.1, -0.05) is 18.2 Å². The number of anilines is 2. The number of ether oxygens (including phenoxy) is 1. The van der Waals surface area contributed by atoms with Crippen LogP contribution in [0.5, 0.6) is 17.2 Å². The molecule has 3 aromatic rings. The van der Waals surface area contributed by atoms with Gasteiger partial charge in [0.2, 0.25) is 0 Å². The number of esters is 1. The van der Waals surface area contributed by atoms with E-state index < -0.39 is 23.0 Å². The Morgan fingerprint density at radius 3 is 2.39 bits per heavy atom. The van der Waals surface area contributed by atoms with E-state index in [9.17, 15) is 15.0 Å². The first kappa shape index (κ1) is 14.5. The number of nitrogens with two attached hydrogens (primary N) is 2. The van der Waals surface area contributed by atoms with Gasteiger partial charge in [0.15, 0.2) is 17.2 Å². The lowest BCUT2D eigenvalue weighted by molar-refractivity contribution is 0.0730. The zero-order valence-electron chi connectivity index (χ0n) is 11.9. The summed E-state index contributed by atoms with van der Waals surface area (Å²) < 4.78 is 5.25. The number of nitrogen functional groups attached to an aromatic ring is 2. The van der Waals surface area contributed by atoms with E-state index in [1.165, 1.54) is 0 Å². The third-order valence-electron chi connectivity index (χ3n) is 3.33. The first-order chi connectivity index (χ1) is 11.0. The second kappa shape index (κ2) is 5.38. The molecule has 0 aliphatic carbocycles. The normalized spacial score (nSPS) is 10.6. The summed E-state index contributed by atoms with van der Waals surface area (Å²) in [5.74, 6) is -1.98. The van der Waals surface area contributed by atoms with Crippen LogP contribution in [-0.4, -0.2) is 21.2 Å². The summed E-state index contributed by atoms with van der Waals surface area (Å²) in [5.41, 5.74) is 10.8. The molecule has 6 N–H and O–H groups in total. The molecule has 23 heavy (non-hydrogen) atoms. The highest BCUT2D eigenvalue weighted by atomic mass is 16.5. The van der Waals surface area contributed by atoms with Gasteiger partial charge in [0.25, 0.3) is 0 Å². The molecule has 7 nitrogen and oxygen atoms in total. The van der Waals surface area contributed by atoms with Gasteiger partial charge in [-0.25, -0.2) is 4.79 Å². The lowest BCUT2D eigenvalue weighted by Crippen LogP contribution is -2.11. The van der Waals surface area contributed by atoms with Crippen LogP contribution in [0, 0.1) is 0 Å². The molecule has 0 aliphatic rings. The molecule has 0 radical (unpaired) electrons. The first-order valence-electron chi connectivity index (χ1n) is 6.65. The maximum absolute atomic E-state index is 12.3. The Labute approximate surface area is 130 Å². The minimum atomic E-state index is -0.989. The van der Waals surface area contributed by atoms with Gasteiger partial charge < -0.3 is 26.4 Å². The van der Waals surface area contributed by atoms with Gasteiger partial charge in [0, 0.05) is 11.6 Å². The van der Waals surface area contributed by atoms with Crippen LogP contribution in [0.15, 0.2) is 42.6 Å². The van der Waals surface area contributed by atoms with E-state index >= 15 is 0 Å². The van der Waals surface area contributed by atoms with Gasteiger partial charge in [-0.2, -0.15) is 0 Å². The quantitative estimate of drug-likeness (QED) is 0.187. The number of benzene rings is 2. The Morgan fingerprint density at radius 1 is 1.04 bits per heavy atom. The molecule has 0 amide bonds. The van der Waals surface area contributed by atoms with Crippen molar-refractivity contribution in [2.75, 3.05) is 11.5 Å². The number of pyridine rings is 1. The van der Waals surface area contributed by atoms with Crippen LogP contribution in [0.2, 0.25) is 0 Å². The Hall–Kier alpha value is -3.48. The van der Waals surface area contributed by atoms with Gasteiger partial charge in [-0.05, 0) is 18.2 Å². The van der Waals surface area contributed by atoms with Crippen molar-refractivity contribution in [2.24, 2.45) is 0 Å². The predicted octanol–water partition coefficient (Wildman–Crippen LogP) is 2.03. The highest BCUT2D eigenvalue weighted by Gasteiger charge is 2.24. The fourth-order valence-corrected chi connectivity index (χ4v) is 2.21. The summed E-state index contributed by atoms with van der Waals surface area (Å²) in [6.45, 7) is 0. The molecule has 1 heterocycles. The monoisotopic (exact) mass is 311 g/mol. The molecule has 1 aromatic heterocycles. The van der Waals surface area contributed by atoms with E-state index in [1.54, 1.807) is 24.4 Å². The van der Waals surface area contributed by atoms with Crippen molar-refractivity contribution in [3.8, 4) is 17.2 Å².